The molecule has 1 unspecified atom stereocenters. The first-order chi connectivity index (χ1) is 13.2. The van der Waals surface area contributed by atoms with Crippen LogP contribution in [0.4, 0.5) is 5.69 Å². The number of aromatic nitrogens is 2. The Kier molecular flexibility index (Phi) is 3.82. The molecular formula is C20H21N5O2. The number of nitrogens with one attached hydrogen (secondary N) is 2. The fraction of sp³-hybridized carbons (Fsp3) is 0.350. The van der Waals surface area contributed by atoms with Gasteiger partial charge in [0.05, 0.1) is 5.52 Å². The van der Waals surface area contributed by atoms with Crippen molar-refractivity contribution in [2.75, 3.05) is 31.1 Å². The van der Waals surface area contributed by atoms with Crippen LogP contribution in [0.2, 0.25) is 0 Å². The van der Waals surface area contributed by atoms with Crippen LogP contribution in [0.5, 0.6) is 0 Å². The van der Waals surface area contributed by atoms with Crippen molar-refractivity contribution in [2.24, 2.45) is 0 Å². The van der Waals surface area contributed by atoms with Crippen LogP contribution in [0.1, 0.15) is 18.9 Å². The number of anilines is 1. The Morgan fingerprint density at radius 1 is 1.07 bits per heavy atom. The minimum Gasteiger partial charge on any atom is -0.369 e. The standard InChI is InChI=1S/C20H21N5O2/c26-18-6-5-17(20(27)23-18)25-16-4-3-13(24-10-8-21-9-11-24)12-15(16)14-2-1-7-22-19(14)25/h1-4,7,12,17,21H,5-6,8-11H2,(H,23,26,27). The number of amides is 2. The van der Waals surface area contributed by atoms with Crippen LogP contribution >= 0.6 is 0 Å². The minimum absolute atomic E-state index is 0.203. The highest BCUT2D eigenvalue weighted by Gasteiger charge is 2.31. The first kappa shape index (κ1) is 16.3. The van der Waals surface area contributed by atoms with E-state index in [0.717, 1.165) is 48.1 Å². The van der Waals surface area contributed by atoms with E-state index in [4.69, 9.17) is 0 Å². The van der Waals surface area contributed by atoms with Gasteiger partial charge in [0.25, 0.3) is 0 Å². The fourth-order valence-electron chi connectivity index (χ4n) is 4.23. The maximum Gasteiger partial charge on any atom is 0.249 e. The molecule has 2 aromatic heterocycles. The Morgan fingerprint density at radius 3 is 2.74 bits per heavy atom. The number of piperidine rings is 1. The summed E-state index contributed by atoms with van der Waals surface area (Å²) in [5.74, 6) is -0.451. The smallest absolute Gasteiger partial charge is 0.249 e. The van der Waals surface area contributed by atoms with Gasteiger partial charge in [0.2, 0.25) is 11.8 Å². The third-order valence-electron chi connectivity index (χ3n) is 5.55. The number of carbonyl (C=O) groups excluding carboxylic acids is 2. The second-order valence-corrected chi connectivity index (χ2v) is 7.15. The number of imide groups is 1. The van der Waals surface area contributed by atoms with Crippen molar-refractivity contribution in [3.8, 4) is 0 Å². The quantitative estimate of drug-likeness (QED) is 0.676. The summed E-state index contributed by atoms with van der Waals surface area (Å²) in [5.41, 5.74) is 2.96. The molecule has 0 saturated carbocycles. The molecule has 4 heterocycles. The van der Waals surface area contributed by atoms with Crippen molar-refractivity contribution in [2.45, 2.75) is 18.9 Å². The zero-order valence-corrected chi connectivity index (χ0v) is 14.9. The van der Waals surface area contributed by atoms with Gasteiger partial charge in [0.15, 0.2) is 0 Å². The van der Waals surface area contributed by atoms with E-state index in [-0.39, 0.29) is 11.8 Å². The molecule has 2 amide bonds. The van der Waals surface area contributed by atoms with Gasteiger partial charge >= 0.3 is 0 Å². The lowest BCUT2D eigenvalue weighted by Gasteiger charge is -2.29. The number of hydrogen-bond acceptors (Lipinski definition) is 5. The van der Waals surface area contributed by atoms with Crippen molar-refractivity contribution < 1.29 is 9.59 Å². The molecule has 138 valence electrons. The molecule has 0 spiro atoms. The first-order valence-electron chi connectivity index (χ1n) is 9.40. The third-order valence-corrected chi connectivity index (χ3v) is 5.55. The van der Waals surface area contributed by atoms with Gasteiger partial charge in [-0.1, -0.05) is 0 Å². The lowest BCUT2D eigenvalue weighted by atomic mass is 10.1. The Hall–Kier alpha value is -2.93. The average molecular weight is 363 g/mol. The van der Waals surface area contributed by atoms with E-state index < -0.39 is 6.04 Å². The molecule has 2 saturated heterocycles. The Balaban J connectivity index is 1.68. The molecule has 3 aromatic rings. The van der Waals surface area contributed by atoms with Crippen molar-refractivity contribution in [1.29, 1.82) is 0 Å². The van der Waals surface area contributed by atoms with Gasteiger partial charge in [-0.3, -0.25) is 14.9 Å². The maximum atomic E-state index is 12.5. The van der Waals surface area contributed by atoms with E-state index in [2.05, 4.69) is 44.8 Å². The Bertz CT molecular complexity index is 1050. The third kappa shape index (κ3) is 2.66. The van der Waals surface area contributed by atoms with Gasteiger partial charge in [-0.25, -0.2) is 4.98 Å². The zero-order valence-electron chi connectivity index (χ0n) is 14.9. The van der Waals surface area contributed by atoms with Gasteiger partial charge in [0.1, 0.15) is 11.7 Å². The summed E-state index contributed by atoms with van der Waals surface area (Å²) < 4.78 is 1.99. The summed E-state index contributed by atoms with van der Waals surface area (Å²) in [4.78, 5) is 31.0. The summed E-state index contributed by atoms with van der Waals surface area (Å²) in [6.45, 7) is 3.93. The van der Waals surface area contributed by atoms with Crippen molar-refractivity contribution in [1.82, 2.24) is 20.2 Å². The molecule has 0 aliphatic carbocycles. The molecule has 0 bridgehead atoms. The van der Waals surface area contributed by atoms with E-state index in [1.807, 2.05) is 10.6 Å². The Labute approximate surface area is 156 Å². The Morgan fingerprint density at radius 2 is 1.93 bits per heavy atom. The molecule has 2 N–H and O–H groups in total. The lowest BCUT2D eigenvalue weighted by molar-refractivity contribution is -0.135. The van der Waals surface area contributed by atoms with E-state index in [1.165, 1.54) is 5.69 Å². The molecule has 7 nitrogen and oxygen atoms in total. The van der Waals surface area contributed by atoms with Crippen LogP contribution in [0.25, 0.3) is 21.9 Å². The minimum atomic E-state index is -0.414. The number of fused-ring (bicyclic) bond motifs is 3. The lowest BCUT2D eigenvalue weighted by Crippen LogP contribution is -2.43. The molecule has 5 rings (SSSR count). The number of pyridine rings is 1. The molecule has 1 aromatic carbocycles. The number of hydrogen-bond donors (Lipinski definition) is 2. The van der Waals surface area contributed by atoms with Crippen LogP contribution in [-0.2, 0) is 9.59 Å². The summed E-state index contributed by atoms with van der Waals surface area (Å²) >= 11 is 0. The number of rotatable bonds is 2. The molecule has 2 aliphatic rings. The highest BCUT2D eigenvalue weighted by atomic mass is 16.2. The largest absolute Gasteiger partial charge is 0.369 e. The van der Waals surface area contributed by atoms with E-state index >= 15 is 0 Å². The molecule has 0 radical (unpaired) electrons. The number of piperazine rings is 1. The number of nitrogens with zero attached hydrogens (tertiary/aromatic N) is 3. The molecule has 2 aliphatic heterocycles. The monoisotopic (exact) mass is 363 g/mol. The van der Waals surface area contributed by atoms with Crippen LogP contribution in [0.15, 0.2) is 36.5 Å². The van der Waals surface area contributed by atoms with Crippen LogP contribution < -0.4 is 15.5 Å². The zero-order chi connectivity index (χ0) is 18.4. The summed E-state index contributed by atoms with van der Waals surface area (Å²) in [6.07, 6.45) is 2.60. The SMILES string of the molecule is O=C1CCC(n2c3ccc(N4CCNCC4)cc3c3cccnc32)C(=O)N1. The van der Waals surface area contributed by atoms with E-state index in [9.17, 15) is 9.59 Å². The van der Waals surface area contributed by atoms with Crippen LogP contribution in [0.3, 0.4) is 0 Å². The highest BCUT2D eigenvalue weighted by Crippen LogP contribution is 2.35. The van der Waals surface area contributed by atoms with E-state index in [1.54, 1.807) is 6.20 Å². The van der Waals surface area contributed by atoms with Crippen LogP contribution in [0, 0.1) is 0 Å². The van der Waals surface area contributed by atoms with Gasteiger partial charge in [-0.05, 0) is 36.8 Å². The normalized spacial score (nSPS) is 21.0. The maximum absolute atomic E-state index is 12.5. The highest BCUT2D eigenvalue weighted by molar-refractivity contribution is 6.09. The van der Waals surface area contributed by atoms with Gasteiger partial charge in [-0.2, -0.15) is 0 Å². The molecular weight excluding hydrogens is 342 g/mol. The summed E-state index contributed by atoms with van der Waals surface area (Å²) in [6, 6.07) is 9.96. The predicted molar refractivity (Wildman–Crippen MR) is 104 cm³/mol. The molecule has 2 fully saturated rings. The first-order valence-corrected chi connectivity index (χ1v) is 9.40. The molecule has 7 heteroatoms. The molecule has 27 heavy (non-hydrogen) atoms. The summed E-state index contributed by atoms with van der Waals surface area (Å²) in [5, 5.41) is 7.98. The fourth-order valence-corrected chi connectivity index (χ4v) is 4.23. The summed E-state index contributed by atoms with van der Waals surface area (Å²) in [7, 11) is 0. The topological polar surface area (TPSA) is 79.3 Å². The van der Waals surface area contributed by atoms with Gasteiger partial charge < -0.3 is 14.8 Å². The predicted octanol–water partition coefficient (Wildman–Crippen LogP) is 1.58. The van der Waals surface area contributed by atoms with Crippen molar-refractivity contribution in [3.05, 3.63) is 36.5 Å². The van der Waals surface area contributed by atoms with Crippen molar-refractivity contribution >= 4 is 39.4 Å². The van der Waals surface area contributed by atoms with E-state index in [0.29, 0.717) is 12.8 Å². The average Bonchev–Trinajstić information content (AvgIpc) is 3.03. The van der Waals surface area contributed by atoms with Gasteiger partial charge in [-0.15, -0.1) is 0 Å². The van der Waals surface area contributed by atoms with Crippen LogP contribution in [-0.4, -0.2) is 47.5 Å². The van der Waals surface area contributed by atoms with Gasteiger partial charge in [0, 0.05) is 55.3 Å². The second-order valence-electron chi connectivity index (χ2n) is 7.15. The number of carbonyl (C=O) groups is 2. The second kappa shape index (κ2) is 6.35. The number of benzene rings is 1. The van der Waals surface area contributed by atoms with Crippen molar-refractivity contribution in [3.63, 3.8) is 0 Å². The molecule has 1 atom stereocenters.